The van der Waals surface area contributed by atoms with Gasteiger partial charge in [-0.3, -0.25) is 0 Å². The van der Waals surface area contributed by atoms with Crippen LogP contribution in [0.15, 0.2) is 34.7 Å². The van der Waals surface area contributed by atoms with E-state index in [9.17, 15) is 4.21 Å². The van der Waals surface area contributed by atoms with Gasteiger partial charge in [-0.15, -0.1) is 11.3 Å². The summed E-state index contributed by atoms with van der Waals surface area (Å²) in [5.41, 5.74) is 0. The van der Waals surface area contributed by atoms with Crippen molar-refractivity contribution in [1.29, 1.82) is 0 Å². The standard InChI is InChI=1S/C13H15NOS2.C3H8/c1-13(2,3)17(15)14-9-11-8-10-6-4-5-7-12(10)16-11;1-3-2/h4-9H,1-3H3;3H2,1-2H3/b14-9+;. The van der Waals surface area contributed by atoms with Crippen LogP contribution in [0.3, 0.4) is 0 Å². The van der Waals surface area contributed by atoms with Gasteiger partial charge in [0, 0.05) is 9.58 Å². The molecule has 1 heterocycles. The summed E-state index contributed by atoms with van der Waals surface area (Å²) in [6.45, 7) is 10.0. The van der Waals surface area contributed by atoms with Crippen molar-refractivity contribution in [3.8, 4) is 0 Å². The van der Waals surface area contributed by atoms with Crippen LogP contribution in [0.25, 0.3) is 10.1 Å². The van der Waals surface area contributed by atoms with Crippen molar-refractivity contribution in [3.63, 3.8) is 0 Å². The van der Waals surface area contributed by atoms with E-state index in [1.54, 1.807) is 17.6 Å². The van der Waals surface area contributed by atoms with Gasteiger partial charge >= 0.3 is 0 Å². The Kier molecular flexibility index (Phi) is 6.56. The van der Waals surface area contributed by atoms with E-state index in [2.05, 4.69) is 36.4 Å². The Labute approximate surface area is 128 Å². The number of benzene rings is 1. The van der Waals surface area contributed by atoms with Gasteiger partial charge in [0.1, 0.15) is 11.0 Å². The molecule has 0 amide bonds. The minimum Gasteiger partial charge on any atom is -0.234 e. The average molecular weight is 310 g/mol. The van der Waals surface area contributed by atoms with E-state index in [4.69, 9.17) is 0 Å². The van der Waals surface area contributed by atoms with Gasteiger partial charge in [-0.05, 0) is 38.3 Å². The second-order valence-electron chi connectivity index (χ2n) is 5.49. The molecular weight excluding hydrogens is 286 g/mol. The fraction of sp³-hybridized carbons (Fsp3) is 0.438. The van der Waals surface area contributed by atoms with Crippen LogP contribution in [0, 0.1) is 0 Å². The molecular formula is C16H23NOS2. The van der Waals surface area contributed by atoms with Crippen LogP contribution in [0.5, 0.6) is 0 Å². The highest BCUT2D eigenvalue weighted by molar-refractivity contribution is 7.85. The number of hydrogen-bond acceptors (Lipinski definition) is 2. The number of fused-ring (bicyclic) bond motifs is 1. The Hall–Kier alpha value is -1.00. The first kappa shape index (κ1) is 17.1. The van der Waals surface area contributed by atoms with E-state index < -0.39 is 11.0 Å². The Morgan fingerprint density at radius 3 is 2.40 bits per heavy atom. The Morgan fingerprint density at radius 2 is 1.85 bits per heavy atom. The van der Waals surface area contributed by atoms with Gasteiger partial charge < -0.3 is 0 Å². The van der Waals surface area contributed by atoms with Crippen LogP contribution >= 0.6 is 11.3 Å². The Bertz CT molecular complexity index is 561. The molecule has 2 nitrogen and oxygen atoms in total. The summed E-state index contributed by atoms with van der Waals surface area (Å²) in [5.74, 6) is 0. The van der Waals surface area contributed by atoms with Crippen LogP contribution in [0.1, 0.15) is 45.9 Å². The summed E-state index contributed by atoms with van der Waals surface area (Å²) in [7, 11) is -1.18. The van der Waals surface area contributed by atoms with E-state index >= 15 is 0 Å². The van der Waals surface area contributed by atoms with Gasteiger partial charge in [-0.2, -0.15) is 4.40 Å². The van der Waals surface area contributed by atoms with Gasteiger partial charge in [0.05, 0.1) is 11.0 Å². The summed E-state index contributed by atoms with van der Waals surface area (Å²) >= 11 is 1.67. The van der Waals surface area contributed by atoms with Crippen molar-refractivity contribution in [2.24, 2.45) is 4.40 Å². The van der Waals surface area contributed by atoms with E-state index in [1.807, 2.05) is 32.9 Å². The highest BCUT2D eigenvalue weighted by Crippen LogP contribution is 2.24. The van der Waals surface area contributed by atoms with Crippen molar-refractivity contribution in [3.05, 3.63) is 35.2 Å². The molecule has 0 bridgehead atoms. The molecule has 1 atom stereocenters. The Balaban J connectivity index is 0.000000612. The van der Waals surface area contributed by atoms with E-state index in [0.29, 0.717) is 0 Å². The minimum absolute atomic E-state index is 0.298. The van der Waals surface area contributed by atoms with E-state index in [0.717, 1.165) is 4.88 Å². The van der Waals surface area contributed by atoms with Crippen molar-refractivity contribution >= 4 is 38.6 Å². The molecule has 1 aromatic heterocycles. The molecule has 1 aromatic carbocycles. The molecule has 2 rings (SSSR count). The molecule has 110 valence electrons. The van der Waals surface area contributed by atoms with Gasteiger partial charge in [0.15, 0.2) is 0 Å². The lowest BCUT2D eigenvalue weighted by Gasteiger charge is -2.12. The lowest BCUT2D eigenvalue weighted by molar-refractivity contribution is 0.651. The summed E-state index contributed by atoms with van der Waals surface area (Å²) < 4.78 is 16.8. The first-order valence-electron chi connectivity index (χ1n) is 6.83. The van der Waals surface area contributed by atoms with Crippen LogP contribution in [0.2, 0.25) is 0 Å². The normalized spacial score (nSPS) is 13.2. The van der Waals surface area contributed by atoms with Gasteiger partial charge in [-0.1, -0.05) is 38.5 Å². The largest absolute Gasteiger partial charge is 0.234 e. The van der Waals surface area contributed by atoms with Gasteiger partial charge in [0.2, 0.25) is 0 Å². The zero-order valence-electron chi connectivity index (χ0n) is 12.8. The van der Waals surface area contributed by atoms with Gasteiger partial charge in [0.25, 0.3) is 0 Å². The first-order chi connectivity index (χ1) is 9.38. The summed E-state index contributed by atoms with van der Waals surface area (Å²) in [4.78, 5) is 1.05. The highest BCUT2D eigenvalue weighted by Gasteiger charge is 2.18. The van der Waals surface area contributed by atoms with Crippen molar-refractivity contribution in [2.75, 3.05) is 0 Å². The highest BCUT2D eigenvalue weighted by atomic mass is 32.2. The minimum atomic E-state index is -1.18. The molecule has 0 aliphatic carbocycles. The molecule has 0 spiro atoms. The molecule has 0 radical (unpaired) electrons. The maximum atomic E-state index is 11.8. The SMILES string of the molecule is CC(C)(C)S(=O)/N=C/c1cc2ccccc2s1.CCC. The maximum Gasteiger partial charge on any atom is 0.144 e. The van der Waals surface area contributed by atoms with E-state index in [-0.39, 0.29) is 4.75 Å². The molecule has 20 heavy (non-hydrogen) atoms. The van der Waals surface area contributed by atoms with E-state index in [1.165, 1.54) is 16.5 Å². The molecule has 1 unspecified atom stereocenters. The van der Waals surface area contributed by atoms with Gasteiger partial charge in [-0.25, -0.2) is 4.21 Å². The fourth-order valence-corrected chi connectivity index (χ4v) is 2.85. The smallest absolute Gasteiger partial charge is 0.144 e. The third-order valence-corrected chi connectivity index (χ3v) is 4.64. The Morgan fingerprint density at radius 1 is 1.25 bits per heavy atom. The molecule has 2 aromatic rings. The average Bonchev–Trinajstić information content (AvgIpc) is 2.78. The molecule has 0 saturated heterocycles. The third-order valence-electron chi connectivity index (χ3n) is 2.24. The molecule has 4 heteroatoms. The molecule has 0 fully saturated rings. The predicted octanol–water partition coefficient (Wildman–Crippen LogP) is 5.20. The molecule has 0 saturated carbocycles. The number of thiophene rings is 1. The zero-order chi connectivity index (χ0) is 15.2. The summed E-state index contributed by atoms with van der Waals surface area (Å²) in [5, 5.41) is 1.21. The van der Waals surface area contributed by atoms with Crippen molar-refractivity contribution < 1.29 is 4.21 Å². The van der Waals surface area contributed by atoms with Crippen molar-refractivity contribution in [2.45, 2.75) is 45.8 Å². The second kappa shape index (κ2) is 7.70. The second-order valence-corrected chi connectivity index (χ2v) is 8.54. The zero-order valence-corrected chi connectivity index (χ0v) is 14.5. The third kappa shape index (κ3) is 5.17. The first-order valence-corrected chi connectivity index (χ1v) is 8.75. The maximum absolute atomic E-state index is 11.8. The van der Waals surface area contributed by atoms with Crippen LogP contribution in [-0.4, -0.2) is 15.2 Å². The topological polar surface area (TPSA) is 29.4 Å². The lowest BCUT2D eigenvalue weighted by Crippen LogP contribution is -2.19. The predicted molar refractivity (Wildman–Crippen MR) is 93.3 cm³/mol. The van der Waals surface area contributed by atoms with Crippen LogP contribution in [-0.2, 0) is 11.0 Å². The molecule has 0 aliphatic rings. The molecule has 0 N–H and O–H groups in total. The summed E-state index contributed by atoms with van der Waals surface area (Å²) in [6, 6.07) is 10.3. The number of rotatable bonds is 2. The molecule has 0 aliphatic heterocycles. The fourth-order valence-electron chi connectivity index (χ4n) is 1.32. The summed E-state index contributed by atoms with van der Waals surface area (Å²) in [6.07, 6.45) is 2.96. The monoisotopic (exact) mass is 309 g/mol. The van der Waals surface area contributed by atoms with Crippen LogP contribution in [0.4, 0.5) is 0 Å². The lowest BCUT2D eigenvalue weighted by atomic mass is 10.2. The van der Waals surface area contributed by atoms with Crippen molar-refractivity contribution in [1.82, 2.24) is 0 Å². The quantitative estimate of drug-likeness (QED) is 0.701. The van der Waals surface area contributed by atoms with Crippen LogP contribution < -0.4 is 0 Å². The number of hydrogen-bond donors (Lipinski definition) is 0. The number of nitrogens with zero attached hydrogens (tertiary/aromatic N) is 1.